The van der Waals surface area contributed by atoms with Gasteiger partial charge in [0.05, 0.1) is 17.0 Å². The average molecular weight is 439 g/mol. The van der Waals surface area contributed by atoms with Crippen LogP contribution < -0.4 is 5.32 Å². The number of carbonyl (C=O) groups excluding carboxylic acids is 1. The molecule has 5 nitrogen and oxygen atoms in total. The molecular weight excluding hydrogens is 416 g/mol. The minimum absolute atomic E-state index is 0.0202. The molecule has 158 valence electrons. The third-order valence-corrected chi connectivity index (χ3v) is 6.36. The van der Waals surface area contributed by atoms with Crippen LogP contribution >= 0.6 is 11.8 Å². The fraction of sp³-hybridized carbons (Fsp3) is 0.115. The van der Waals surface area contributed by atoms with Crippen LogP contribution in [0.5, 0.6) is 0 Å². The highest BCUT2D eigenvalue weighted by Gasteiger charge is 2.13. The first-order valence-corrected chi connectivity index (χ1v) is 11.4. The Hall–Kier alpha value is -3.64. The summed E-state index contributed by atoms with van der Waals surface area (Å²) >= 11 is 1.42. The maximum Gasteiger partial charge on any atom is 0.230 e. The van der Waals surface area contributed by atoms with Gasteiger partial charge in [0.15, 0.2) is 0 Å². The lowest BCUT2D eigenvalue weighted by atomic mass is 10.0. The second-order valence-electron chi connectivity index (χ2n) is 7.67. The van der Waals surface area contributed by atoms with Crippen LogP contribution in [0.15, 0.2) is 90.2 Å². The first-order valence-electron chi connectivity index (χ1n) is 10.4. The molecule has 0 aliphatic heterocycles. The number of amides is 1. The predicted molar refractivity (Wildman–Crippen MR) is 130 cm³/mol. The molecule has 0 saturated carbocycles. The van der Waals surface area contributed by atoms with Crippen LogP contribution in [-0.4, -0.2) is 26.3 Å². The third-order valence-electron chi connectivity index (χ3n) is 5.37. The van der Waals surface area contributed by atoms with Gasteiger partial charge >= 0.3 is 0 Å². The van der Waals surface area contributed by atoms with Gasteiger partial charge in [-0.1, -0.05) is 84.1 Å². The maximum atomic E-state index is 12.4. The summed E-state index contributed by atoms with van der Waals surface area (Å²) in [4.78, 5) is 16.9. The molecule has 0 aliphatic carbocycles. The van der Waals surface area contributed by atoms with Gasteiger partial charge in [0, 0.05) is 24.5 Å². The minimum atomic E-state index is -0.0202. The van der Waals surface area contributed by atoms with E-state index in [1.165, 1.54) is 22.7 Å². The highest BCUT2D eigenvalue weighted by atomic mass is 32.2. The van der Waals surface area contributed by atoms with Gasteiger partial charge in [-0.2, -0.15) is 5.10 Å². The van der Waals surface area contributed by atoms with Crippen molar-refractivity contribution in [1.29, 1.82) is 0 Å². The van der Waals surface area contributed by atoms with E-state index in [0.717, 1.165) is 32.7 Å². The topological polar surface area (TPSA) is 59.3 Å². The van der Waals surface area contributed by atoms with Crippen molar-refractivity contribution in [3.63, 3.8) is 0 Å². The number of hydrogen-bond donors (Lipinski definition) is 1. The first kappa shape index (κ1) is 20.3. The molecule has 0 spiro atoms. The van der Waals surface area contributed by atoms with Gasteiger partial charge in [-0.05, 0) is 29.3 Å². The Morgan fingerprint density at radius 2 is 1.84 bits per heavy atom. The standard InChI is InChI=1S/C26H22N4OS/c1-18-9-11-19(12-10-18)16-28-25(31)17-32-26-24-15-23(29-30(24)14-13-27-26)22-8-4-6-20-5-2-3-7-21(20)22/h2-15H,16-17H2,1H3,(H,28,31). The molecule has 0 saturated heterocycles. The number of aromatic nitrogens is 3. The Morgan fingerprint density at radius 3 is 2.72 bits per heavy atom. The molecule has 2 aromatic heterocycles. The smallest absolute Gasteiger partial charge is 0.230 e. The van der Waals surface area contributed by atoms with Crippen molar-refractivity contribution in [2.75, 3.05) is 5.75 Å². The number of rotatable bonds is 6. The fourth-order valence-electron chi connectivity index (χ4n) is 3.68. The van der Waals surface area contributed by atoms with Gasteiger partial charge in [-0.3, -0.25) is 4.79 Å². The number of hydrogen-bond acceptors (Lipinski definition) is 4. The molecule has 32 heavy (non-hydrogen) atoms. The molecule has 5 aromatic rings. The molecule has 1 N–H and O–H groups in total. The lowest BCUT2D eigenvalue weighted by Crippen LogP contribution is -2.24. The number of nitrogens with zero attached hydrogens (tertiary/aromatic N) is 3. The Kier molecular flexibility index (Phi) is 5.60. The number of thioether (sulfide) groups is 1. The molecule has 2 heterocycles. The summed E-state index contributed by atoms with van der Waals surface area (Å²) in [6.07, 6.45) is 3.56. The molecule has 0 bridgehead atoms. The SMILES string of the molecule is Cc1ccc(CNC(=O)CSc2nccn3nc(-c4cccc5ccccc45)cc23)cc1. The lowest BCUT2D eigenvalue weighted by molar-refractivity contribution is -0.118. The summed E-state index contributed by atoms with van der Waals surface area (Å²) in [6, 6.07) is 24.7. The Balaban J connectivity index is 1.33. The van der Waals surface area contributed by atoms with E-state index in [1.807, 2.05) is 59.2 Å². The van der Waals surface area contributed by atoms with Gasteiger partial charge in [0.25, 0.3) is 0 Å². The van der Waals surface area contributed by atoms with Crippen LogP contribution in [-0.2, 0) is 11.3 Å². The van der Waals surface area contributed by atoms with Crippen LogP contribution in [0.1, 0.15) is 11.1 Å². The maximum absolute atomic E-state index is 12.4. The van der Waals surface area contributed by atoms with Crippen molar-refractivity contribution in [2.45, 2.75) is 18.5 Å². The number of carbonyl (C=O) groups is 1. The van der Waals surface area contributed by atoms with E-state index >= 15 is 0 Å². The van der Waals surface area contributed by atoms with Crippen molar-refractivity contribution < 1.29 is 4.79 Å². The third kappa shape index (κ3) is 4.22. The van der Waals surface area contributed by atoms with Gasteiger partial charge in [-0.15, -0.1) is 0 Å². The Labute approximate surface area is 190 Å². The highest BCUT2D eigenvalue weighted by molar-refractivity contribution is 8.00. The van der Waals surface area contributed by atoms with E-state index < -0.39 is 0 Å². The van der Waals surface area contributed by atoms with E-state index in [2.05, 4.69) is 41.5 Å². The lowest BCUT2D eigenvalue weighted by Gasteiger charge is -2.06. The minimum Gasteiger partial charge on any atom is -0.351 e. The van der Waals surface area contributed by atoms with Crippen molar-refractivity contribution in [3.05, 3.63) is 96.3 Å². The zero-order chi connectivity index (χ0) is 21.9. The second kappa shape index (κ2) is 8.85. The van der Waals surface area contributed by atoms with E-state index in [1.54, 1.807) is 6.20 Å². The molecule has 0 radical (unpaired) electrons. The van der Waals surface area contributed by atoms with Crippen LogP contribution in [0.4, 0.5) is 0 Å². The summed E-state index contributed by atoms with van der Waals surface area (Å²) in [7, 11) is 0. The van der Waals surface area contributed by atoms with Crippen LogP contribution in [0.3, 0.4) is 0 Å². The van der Waals surface area contributed by atoms with Crippen molar-refractivity contribution in [2.24, 2.45) is 0 Å². The van der Waals surface area contributed by atoms with Crippen molar-refractivity contribution in [3.8, 4) is 11.3 Å². The average Bonchev–Trinajstić information content (AvgIpc) is 3.27. The Morgan fingerprint density at radius 1 is 1.03 bits per heavy atom. The van der Waals surface area contributed by atoms with E-state index in [-0.39, 0.29) is 5.91 Å². The van der Waals surface area contributed by atoms with Gasteiger partial charge in [0.2, 0.25) is 5.91 Å². The quantitative estimate of drug-likeness (QED) is 0.367. The zero-order valence-electron chi connectivity index (χ0n) is 17.7. The van der Waals surface area contributed by atoms with Gasteiger partial charge < -0.3 is 5.32 Å². The Bertz CT molecular complexity index is 1400. The van der Waals surface area contributed by atoms with E-state index in [4.69, 9.17) is 5.10 Å². The summed E-state index contributed by atoms with van der Waals surface area (Å²) in [5, 5.41) is 10.9. The molecule has 0 unspecified atom stereocenters. The van der Waals surface area contributed by atoms with Crippen LogP contribution in [0.2, 0.25) is 0 Å². The van der Waals surface area contributed by atoms with E-state index in [0.29, 0.717) is 12.3 Å². The second-order valence-corrected chi connectivity index (χ2v) is 8.63. The van der Waals surface area contributed by atoms with Crippen molar-refractivity contribution in [1.82, 2.24) is 19.9 Å². The first-order chi connectivity index (χ1) is 15.7. The zero-order valence-corrected chi connectivity index (χ0v) is 18.5. The number of benzene rings is 3. The molecule has 1 amide bonds. The molecule has 6 heteroatoms. The summed E-state index contributed by atoms with van der Waals surface area (Å²) in [6.45, 7) is 2.57. The monoisotopic (exact) mass is 438 g/mol. The molecular formula is C26H22N4OS. The summed E-state index contributed by atoms with van der Waals surface area (Å²) in [5.41, 5.74) is 5.16. The largest absolute Gasteiger partial charge is 0.351 e. The normalized spacial score (nSPS) is 11.2. The number of nitrogens with one attached hydrogen (secondary N) is 1. The molecule has 0 atom stereocenters. The van der Waals surface area contributed by atoms with Crippen LogP contribution in [0.25, 0.3) is 27.5 Å². The highest BCUT2D eigenvalue weighted by Crippen LogP contribution is 2.30. The van der Waals surface area contributed by atoms with E-state index in [9.17, 15) is 4.79 Å². The van der Waals surface area contributed by atoms with Crippen LogP contribution in [0, 0.1) is 6.92 Å². The molecule has 3 aromatic carbocycles. The molecule has 5 rings (SSSR count). The van der Waals surface area contributed by atoms with Gasteiger partial charge in [0.1, 0.15) is 5.03 Å². The van der Waals surface area contributed by atoms with Gasteiger partial charge in [-0.25, -0.2) is 9.50 Å². The fourth-order valence-corrected chi connectivity index (χ4v) is 4.49. The summed E-state index contributed by atoms with van der Waals surface area (Å²) < 4.78 is 1.83. The number of fused-ring (bicyclic) bond motifs is 2. The summed E-state index contributed by atoms with van der Waals surface area (Å²) in [5.74, 6) is 0.279. The molecule has 0 fully saturated rings. The predicted octanol–water partition coefficient (Wildman–Crippen LogP) is 5.27. The van der Waals surface area contributed by atoms with Crippen molar-refractivity contribution >= 4 is 34.0 Å². The molecule has 0 aliphatic rings. The number of aryl methyl sites for hydroxylation is 1.